The van der Waals surface area contributed by atoms with Gasteiger partial charge in [0.2, 0.25) is 0 Å². The maximum atomic E-state index is 11.9. The van der Waals surface area contributed by atoms with E-state index in [4.69, 9.17) is 16.6 Å². The molecule has 0 saturated carbocycles. The third-order valence-electron chi connectivity index (χ3n) is 2.69. The molecule has 6 heteroatoms. The van der Waals surface area contributed by atoms with Crippen LogP contribution >= 0.6 is 12.2 Å². The first kappa shape index (κ1) is 14.2. The first-order valence-corrected chi connectivity index (χ1v) is 6.64. The Bertz CT molecular complexity index is 722. The molecule has 2 aromatic rings. The summed E-state index contributed by atoms with van der Waals surface area (Å²) in [6.45, 7) is 4.36. The molecular formula is C14H15N3O2S. The molecule has 104 valence electrons. The summed E-state index contributed by atoms with van der Waals surface area (Å²) in [5, 5.41) is 8.26. The number of hydrogen-bond acceptors (Lipinski definition) is 4. The van der Waals surface area contributed by atoms with Crippen LogP contribution in [0.1, 0.15) is 19.4 Å². The molecule has 0 amide bonds. The quantitative estimate of drug-likeness (QED) is 0.391. The van der Waals surface area contributed by atoms with E-state index in [1.807, 2.05) is 25.1 Å². The fourth-order valence-corrected chi connectivity index (χ4v) is 1.90. The van der Waals surface area contributed by atoms with Crippen LogP contribution in [-0.2, 0) is 0 Å². The van der Waals surface area contributed by atoms with Crippen LogP contribution < -0.4 is 16.4 Å². The highest BCUT2D eigenvalue weighted by Gasteiger charge is 2.08. The molecule has 0 saturated heterocycles. The molecule has 1 aromatic heterocycles. The van der Waals surface area contributed by atoms with Gasteiger partial charge < -0.3 is 9.73 Å². The molecule has 0 aliphatic carbocycles. The van der Waals surface area contributed by atoms with Gasteiger partial charge in [0.15, 0.2) is 5.11 Å². The van der Waals surface area contributed by atoms with Crippen LogP contribution in [0.5, 0.6) is 0 Å². The van der Waals surface area contributed by atoms with E-state index in [0.717, 1.165) is 5.39 Å². The topological polar surface area (TPSA) is 66.6 Å². The number of nitrogens with one attached hydrogen (secondary N) is 2. The van der Waals surface area contributed by atoms with E-state index in [1.165, 1.54) is 0 Å². The molecule has 0 fully saturated rings. The number of fused-ring (bicyclic) bond motifs is 1. The molecule has 2 N–H and O–H groups in total. The number of para-hydroxylation sites is 1. The van der Waals surface area contributed by atoms with Crippen molar-refractivity contribution in [3.8, 4) is 0 Å². The summed E-state index contributed by atoms with van der Waals surface area (Å²) >= 11 is 5.00. The van der Waals surface area contributed by atoms with Crippen molar-refractivity contribution in [2.24, 2.45) is 5.10 Å². The largest absolute Gasteiger partial charge is 0.422 e. The van der Waals surface area contributed by atoms with Gasteiger partial charge in [-0.25, -0.2) is 4.79 Å². The Hall–Kier alpha value is -2.21. The normalized spacial score (nSPS) is 11.4. The van der Waals surface area contributed by atoms with E-state index in [2.05, 4.69) is 15.8 Å². The van der Waals surface area contributed by atoms with Gasteiger partial charge >= 0.3 is 5.63 Å². The zero-order valence-electron chi connectivity index (χ0n) is 11.3. The minimum Gasteiger partial charge on any atom is -0.422 e. The molecule has 1 aromatic carbocycles. The molecule has 1 heterocycles. The van der Waals surface area contributed by atoms with Crippen molar-refractivity contribution in [3.63, 3.8) is 0 Å². The minimum absolute atomic E-state index is 0.412. The van der Waals surface area contributed by atoms with Crippen LogP contribution in [0.25, 0.3) is 11.0 Å². The lowest BCUT2D eigenvalue weighted by molar-refractivity contribution is 0.559. The summed E-state index contributed by atoms with van der Waals surface area (Å²) in [6.07, 6.45) is 0. The highest BCUT2D eigenvalue weighted by atomic mass is 32.1. The number of benzene rings is 1. The van der Waals surface area contributed by atoms with E-state index < -0.39 is 5.63 Å². The van der Waals surface area contributed by atoms with Crippen molar-refractivity contribution >= 4 is 34.0 Å². The smallest absolute Gasteiger partial charge is 0.345 e. The summed E-state index contributed by atoms with van der Waals surface area (Å²) in [7, 11) is 0. The van der Waals surface area contributed by atoms with E-state index in [1.54, 1.807) is 19.1 Å². The zero-order valence-corrected chi connectivity index (χ0v) is 12.1. The van der Waals surface area contributed by atoms with Gasteiger partial charge in [-0.3, -0.25) is 5.43 Å². The molecule has 0 unspecified atom stereocenters. The third kappa shape index (κ3) is 3.21. The molecule has 0 spiro atoms. The Morgan fingerprint density at radius 3 is 2.90 bits per heavy atom. The third-order valence-corrected chi connectivity index (χ3v) is 2.93. The molecule has 0 atom stereocenters. The Morgan fingerprint density at radius 2 is 2.15 bits per heavy atom. The molecule has 0 bridgehead atoms. The van der Waals surface area contributed by atoms with Gasteiger partial charge in [0.25, 0.3) is 0 Å². The second-order valence-electron chi connectivity index (χ2n) is 4.15. The molecule has 0 aliphatic heterocycles. The van der Waals surface area contributed by atoms with Crippen LogP contribution in [0.15, 0.2) is 44.6 Å². The lowest BCUT2D eigenvalue weighted by atomic mass is 10.1. The lowest BCUT2D eigenvalue weighted by Gasteiger charge is -2.05. The van der Waals surface area contributed by atoms with Crippen LogP contribution in [0, 0.1) is 0 Å². The lowest BCUT2D eigenvalue weighted by Crippen LogP contribution is -2.32. The van der Waals surface area contributed by atoms with E-state index in [0.29, 0.717) is 28.5 Å². The van der Waals surface area contributed by atoms with Gasteiger partial charge in [0, 0.05) is 11.9 Å². The van der Waals surface area contributed by atoms with E-state index in [-0.39, 0.29) is 0 Å². The maximum absolute atomic E-state index is 11.9. The molecule has 0 aliphatic rings. The van der Waals surface area contributed by atoms with Gasteiger partial charge in [-0.1, -0.05) is 18.2 Å². The Kier molecular flexibility index (Phi) is 4.47. The summed E-state index contributed by atoms with van der Waals surface area (Å²) in [4.78, 5) is 11.9. The number of nitrogens with zero attached hydrogens (tertiary/aromatic N) is 1. The van der Waals surface area contributed by atoms with Crippen LogP contribution in [0.2, 0.25) is 0 Å². The maximum Gasteiger partial charge on any atom is 0.345 e. The second kappa shape index (κ2) is 6.29. The highest BCUT2D eigenvalue weighted by molar-refractivity contribution is 7.80. The SMILES string of the molecule is CCNC(=S)N/N=C(\C)c1cc2ccccc2oc1=O. The molecule has 5 nitrogen and oxygen atoms in total. The highest BCUT2D eigenvalue weighted by Crippen LogP contribution is 2.12. The monoisotopic (exact) mass is 289 g/mol. The van der Waals surface area contributed by atoms with E-state index >= 15 is 0 Å². The van der Waals surface area contributed by atoms with Gasteiger partial charge in [0.05, 0.1) is 11.3 Å². The van der Waals surface area contributed by atoms with Crippen molar-refractivity contribution in [3.05, 3.63) is 46.3 Å². The summed E-state index contributed by atoms with van der Waals surface area (Å²) in [6, 6.07) is 9.11. The second-order valence-corrected chi connectivity index (χ2v) is 4.56. The first-order valence-electron chi connectivity index (χ1n) is 6.23. The fourth-order valence-electron chi connectivity index (χ4n) is 1.71. The summed E-state index contributed by atoms with van der Waals surface area (Å²) in [5.41, 5.74) is 3.76. The molecule has 20 heavy (non-hydrogen) atoms. The molecule has 2 rings (SSSR count). The van der Waals surface area contributed by atoms with Gasteiger partial charge in [-0.05, 0) is 38.2 Å². The van der Waals surface area contributed by atoms with Gasteiger partial charge in [-0.15, -0.1) is 0 Å². The van der Waals surface area contributed by atoms with Crippen molar-refractivity contribution < 1.29 is 4.42 Å². The van der Waals surface area contributed by atoms with Gasteiger partial charge in [-0.2, -0.15) is 5.10 Å². The Labute approximate surface area is 121 Å². The Morgan fingerprint density at radius 1 is 1.40 bits per heavy atom. The fraction of sp³-hybridized carbons (Fsp3) is 0.214. The number of hydrazone groups is 1. The minimum atomic E-state index is -0.416. The van der Waals surface area contributed by atoms with Crippen molar-refractivity contribution in [1.29, 1.82) is 0 Å². The average Bonchev–Trinajstić information content (AvgIpc) is 2.44. The van der Waals surface area contributed by atoms with Gasteiger partial charge in [0.1, 0.15) is 5.58 Å². The zero-order chi connectivity index (χ0) is 14.5. The number of rotatable bonds is 3. The predicted molar refractivity (Wildman–Crippen MR) is 84.1 cm³/mol. The van der Waals surface area contributed by atoms with Crippen molar-refractivity contribution in [1.82, 2.24) is 10.7 Å². The molecule has 0 radical (unpaired) electrons. The number of hydrogen-bond donors (Lipinski definition) is 2. The van der Waals surface area contributed by atoms with Crippen LogP contribution in [0.4, 0.5) is 0 Å². The average molecular weight is 289 g/mol. The Balaban J connectivity index is 2.32. The predicted octanol–water partition coefficient (Wildman–Crippen LogP) is 2.00. The van der Waals surface area contributed by atoms with Crippen LogP contribution in [0.3, 0.4) is 0 Å². The van der Waals surface area contributed by atoms with Crippen molar-refractivity contribution in [2.45, 2.75) is 13.8 Å². The first-order chi connectivity index (χ1) is 9.61. The number of thiocarbonyl (C=S) groups is 1. The van der Waals surface area contributed by atoms with Crippen molar-refractivity contribution in [2.75, 3.05) is 6.54 Å². The standard InChI is InChI=1S/C14H15N3O2S/c1-3-15-14(20)17-16-9(2)11-8-10-6-4-5-7-12(10)19-13(11)18/h4-8H,3H2,1-2H3,(H2,15,17,20)/b16-9+. The summed E-state index contributed by atoms with van der Waals surface area (Å²) < 4.78 is 5.26. The van der Waals surface area contributed by atoms with E-state index in [9.17, 15) is 4.79 Å². The summed E-state index contributed by atoms with van der Waals surface area (Å²) in [5.74, 6) is 0. The molecular weight excluding hydrogens is 274 g/mol. The van der Waals surface area contributed by atoms with Crippen LogP contribution in [-0.4, -0.2) is 17.4 Å².